The number of likely N-dealkylation sites (N-methyl/N-ethyl adjacent to an activating group) is 1. The van der Waals surface area contributed by atoms with E-state index in [4.69, 9.17) is 0 Å². The van der Waals surface area contributed by atoms with Crippen molar-refractivity contribution < 1.29 is 9.18 Å². The predicted molar refractivity (Wildman–Crippen MR) is 94.9 cm³/mol. The Hall–Kier alpha value is -1.57. The number of carbonyl (C=O) groups excluding carboxylic acids is 1. The molecule has 0 bridgehead atoms. The largest absolute Gasteiger partial charge is 0.348 e. The molecule has 1 aliphatic rings. The number of benzene rings is 1. The van der Waals surface area contributed by atoms with Crippen LogP contribution >= 0.6 is 24.2 Å². The van der Waals surface area contributed by atoms with Gasteiger partial charge in [0, 0.05) is 29.5 Å². The lowest BCUT2D eigenvalue weighted by Crippen LogP contribution is -2.39. The molecule has 0 aliphatic carbocycles. The molecule has 0 saturated carbocycles. The Balaban J connectivity index is 0.00000208. The fourth-order valence-corrected chi connectivity index (χ4v) is 3.91. The van der Waals surface area contributed by atoms with Crippen LogP contribution in [-0.2, 0) is 11.8 Å². The minimum Gasteiger partial charge on any atom is -0.348 e. The molecular formula is C16H20ClFN4OS. The maximum atomic E-state index is 13.6. The summed E-state index contributed by atoms with van der Waals surface area (Å²) in [5.74, 6) is 0.497. The number of fused-ring (bicyclic) bond motifs is 1. The number of aryl methyl sites for hydroxylation is 1. The molecule has 2 N–H and O–H groups in total. The first-order valence-corrected chi connectivity index (χ1v) is 8.45. The molecule has 2 unspecified atom stereocenters. The highest BCUT2D eigenvalue weighted by atomic mass is 35.5. The third kappa shape index (κ3) is 3.91. The van der Waals surface area contributed by atoms with E-state index >= 15 is 0 Å². The van der Waals surface area contributed by atoms with Crippen LogP contribution in [0.15, 0.2) is 35.5 Å². The third-order valence-electron chi connectivity index (χ3n) is 3.94. The lowest BCUT2D eigenvalue weighted by Gasteiger charge is -2.27. The molecule has 5 nitrogen and oxygen atoms in total. The minimum atomic E-state index is -0.477. The van der Waals surface area contributed by atoms with Crippen molar-refractivity contribution in [3.8, 4) is 0 Å². The van der Waals surface area contributed by atoms with E-state index in [1.807, 2.05) is 13.2 Å². The first-order chi connectivity index (χ1) is 11.1. The number of halogens is 2. The van der Waals surface area contributed by atoms with Crippen molar-refractivity contribution in [1.82, 2.24) is 20.4 Å². The second-order valence-corrected chi connectivity index (χ2v) is 6.69. The van der Waals surface area contributed by atoms with Gasteiger partial charge in [-0.25, -0.2) is 4.39 Å². The zero-order valence-corrected chi connectivity index (χ0v) is 15.1. The maximum Gasteiger partial charge on any atom is 0.242 e. The number of hydrogen-bond acceptors (Lipinski definition) is 4. The van der Waals surface area contributed by atoms with E-state index in [1.165, 1.54) is 12.1 Å². The number of nitrogens with zero attached hydrogens (tertiary/aromatic N) is 2. The zero-order chi connectivity index (χ0) is 16.4. The summed E-state index contributed by atoms with van der Waals surface area (Å²) in [5.41, 5.74) is 1.66. The summed E-state index contributed by atoms with van der Waals surface area (Å²) < 4.78 is 15.2. The number of aromatic nitrogens is 2. The summed E-state index contributed by atoms with van der Waals surface area (Å²) in [6.45, 7) is 0. The Labute approximate surface area is 150 Å². The van der Waals surface area contributed by atoms with Gasteiger partial charge in [-0.15, -0.1) is 24.2 Å². The molecular weight excluding hydrogens is 351 g/mol. The van der Waals surface area contributed by atoms with Gasteiger partial charge in [-0.1, -0.05) is 0 Å². The Morgan fingerprint density at radius 2 is 2.29 bits per heavy atom. The smallest absolute Gasteiger partial charge is 0.242 e. The number of carbonyl (C=O) groups is 1. The van der Waals surface area contributed by atoms with Gasteiger partial charge in [0.1, 0.15) is 11.9 Å². The van der Waals surface area contributed by atoms with Crippen molar-refractivity contribution in [3.63, 3.8) is 0 Å². The Morgan fingerprint density at radius 1 is 1.50 bits per heavy atom. The topological polar surface area (TPSA) is 59.0 Å². The zero-order valence-electron chi connectivity index (χ0n) is 13.5. The van der Waals surface area contributed by atoms with E-state index in [0.29, 0.717) is 0 Å². The predicted octanol–water partition coefficient (Wildman–Crippen LogP) is 2.59. The van der Waals surface area contributed by atoms with Gasteiger partial charge in [0.05, 0.1) is 12.2 Å². The van der Waals surface area contributed by atoms with E-state index in [1.54, 1.807) is 35.8 Å². The molecule has 2 atom stereocenters. The average Bonchev–Trinajstić information content (AvgIpc) is 2.95. The van der Waals surface area contributed by atoms with E-state index in [2.05, 4.69) is 15.7 Å². The molecule has 0 fully saturated rings. The molecule has 1 aromatic carbocycles. The second-order valence-electron chi connectivity index (χ2n) is 5.55. The molecule has 2 heterocycles. The highest BCUT2D eigenvalue weighted by Crippen LogP contribution is 2.36. The summed E-state index contributed by atoms with van der Waals surface area (Å²) in [7, 11) is 3.55. The van der Waals surface area contributed by atoms with E-state index < -0.39 is 6.04 Å². The quantitative estimate of drug-likeness (QED) is 0.868. The molecule has 1 aliphatic heterocycles. The number of nitrogens with one attached hydrogen (secondary N) is 2. The van der Waals surface area contributed by atoms with Crippen LogP contribution in [0.1, 0.15) is 29.6 Å². The van der Waals surface area contributed by atoms with Gasteiger partial charge in [-0.2, -0.15) is 5.10 Å². The van der Waals surface area contributed by atoms with Crippen molar-refractivity contribution >= 4 is 30.1 Å². The summed E-state index contributed by atoms with van der Waals surface area (Å²) in [6.07, 6.45) is 4.27. The maximum absolute atomic E-state index is 13.6. The standard InChI is InChI=1S/C16H19FN4OS.ClH/c1-18-15(10-8-19-21(2)9-10)16(22)20-13-5-6-23-14-4-3-11(17)7-12(13)14;/h3-4,7-9,13,15,18H,5-6H2,1-2H3,(H,20,22);1H. The van der Waals surface area contributed by atoms with Gasteiger partial charge in [-0.05, 0) is 37.2 Å². The third-order valence-corrected chi connectivity index (χ3v) is 5.06. The van der Waals surface area contributed by atoms with Crippen LogP contribution in [0.3, 0.4) is 0 Å². The molecule has 8 heteroatoms. The Morgan fingerprint density at radius 3 is 2.96 bits per heavy atom. The summed E-state index contributed by atoms with van der Waals surface area (Å²) in [4.78, 5) is 13.7. The van der Waals surface area contributed by atoms with Crippen LogP contribution in [0.2, 0.25) is 0 Å². The van der Waals surface area contributed by atoms with Gasteiger partial charge in [0.25, 0.3) is 0 Å². The SMILES string of the molecule is CNC(C(=O)NC1CCSc2ccc(F)cc21)c1cnn(C)c1.Cl. The summed E-state index contributed by atoms with van der Waals surface area (Å²) in [5, 5.41) is 10.2. The molecule has 3 rings (SSSR count). The average molecular weight is 371 g/mol. The highest BCUT2D eigenvalue weighted by Gasteiger charge is 2.27. The number of rotatable bonds is 4. The van der Waals surface area contributed by atoms with Crippen molar-refractivity contribution in [2.24, 2.45) is 7.05 Å². The van der Waals surface area contributed by atoms with Crippen LogP contribution < -0.4 is 10.6 Å². The van der Waals surface area contributed by atoms with Gasteiger partial charge in [0.2, 0.25) is 5.91 Å². The second kappa shape index (κ2) is 8.00. The number of amides is 1. The summed E-state index contributed by atoms with van der Waals surface area (Å²) >= 11 is 1.70. The van der Waals surface area contributed by atoms with Crippen LogP contribution in [0.25, 0.3) is 0 Å². The van der Waals surface area contributed by atoms with Gasteiger partial charge in [0.15, 0.2) is 0 Å². The molecule has 0 saturated heterocycles. The van der Waals surface area contributed by atoms with E-state index in [0.717, 1.165) is 28.2 Å². The molecule has 1 amide bonds. The monoisotopic (exact) mass is 370 g/mol. The molecule has 2 aromatic rings. The van der Waals surface area contributed by atoms with Crippen molar-refractivity contribution in [2.75, 3.05) is 12.8 Å². The van der Waals surface area contributed by atoms with Crippen molar-refractivity contribution in [3.05, 3.63) is 47.5 Å². The molecule has 24 heavy (non-hydrogen) atoms. The molecule has 0 spiro atoms. The van der Waals surface area contributed by atoms with Crippen molar-refractivity contribution in [1.29, 1.82) is 0 Å². The van der Waals surface area contributed by atoms with Gasteiger partial charge in [-0.3, -0.25) is 9.48 Å². The first-order valence-electron chi connectivity index (χ1n) is 7.47. The lowest BCUT2D eigenvalue weighted by atomic mass is 10.0. The Bertz CT molecular complexity index is 724. The van der Waals surface area contributed by atoms with Gasteiger partial charge >= 0.3 is 0 Å². The van der Waals surface area contributed by atoms with Crippen LogP contribution in [0.5, 0.6) is 0 Å². The van der Waals surface area contributed by atoms with Crippen LogP contribution in [-0.4, -0.2) is 28.5 Å². The molecule has 130 valence electrons. The lowest BCUT2D eigenvalue weighted by molar-refractivity contribution is -0.124. The minimum absolute atomic E-state index is 0. The normalized spacial score (nSPS) is 17.5. The van der Waals surface area contributed by atoms with E-state index in [-0.39, 0.29) is 30.2 Å². The fourth-order valence-electron chi connectivity index (χ4n) is 2.81. The highest BCUT2D eigenvalue weighted by molar-refractivity contribution is 7.99. The van der Waals surface area contributed by atoms with Crippen LogP contribution in [0.4, 0.5) is 4.39 Å². The van der Waals surface area contributed by atoms with Gasteiger partial charge < -0.3 is 10.6 Å². The van der Waals surface area contributed by atoms with Crippen LogP contribution in [0, 0.1) is 5.82 Å². The van der Waals surface area contributed by atoms with Crippen molar-refractivity contribution in [2.45, 2.75) is 23.4 Å². The summed E-state index contributed by atoms with van der Waals surface area (Å²) in [6, 6.07) is 4.12. The molecule has 1 aromatic heterocycles. The first kappa shape index (κ1) is 18.8. The Kier molecular flexibility index (Phi) is 6.26. The fraction of sp³-hybridized carbons (Fsp3) is 0.375. The number of thioether (sulfide) groups is 1. The molecule has 0 radical (unpaired) electrons. The number of hydrogen-bond donors (Lipinski definition) is 2. The van der Waals surface area contributed by atoms with E-state index in [9.17, 15) is 9.18 Å².